The second-order valence-electron chi connectivity index (χ2n) is 4.88. The molecule has 1 aromatic heterocycles. The summed E-state index contributed by atoms with van der Waals surface area (Å²) < 4.78 is 1.54. The number of anilines is 1. The molecule has 1 amide bonds. The second-order valence-corrected chi connectivity index (χ2v) is 4.88. The van der Waals surface area contributed by atoms with Crippen LogP contribution < -0.4 is 11.1 Å². The van der Waals surface area contributed by atoms with Crippen molar-refractivity contribution in [2.45, 2.75) is 46.2 Å². The zero-order valence-corrected chi connectivity index (χ0v) is 10.8. The Morgan fingerprint density at radius 1 is 1.47 bits per heavy atom. The number of hydrogen-bond donors (Lipinski definition) is 2. The Morgan fingerprint density at radius 3 is 2.71 bits per heavy atom. The van der Waals surface area contributed by atoms with Gasteiger partial charge in [0.2, 0.25) is 5.91 Å². The third-order valence-electron chi connectivity index (χ3n) is 2.55. The number of amides is 1. The average molecular weight is 238 g/mol. The van der Waals surface area contributed by atoms with Crippen LogP contribution in [0, 0.1) is 5.92 Å². The first-order valence-corrected chi connectivity index (χ1v) is 6.05. The molecule has 1 unspecified atom stereocenters. The minimum atomic E-state index is -0.0237. The Morgan fingerprint density at radius 2 is 2.18 bits per heavy atom. The van der Waals surface area contributed by atoms with E-state index >= 15 is 0 Å². The first kappa shape index (κ1) is 13.5. The number of nitrogens with one attached hydrogen (secondary N) is 1. The number of nitrogen functional groups attached to an aromatic ring is 1. The van der Waals surface area contributed by atoms with Gasteiger partial charge in [0, 0.05) is 12.2 Å². The topological polar surface area (TPSA) is 72.9 Å². The van der Waals surface area contributed by atoms with Crippen LogP contribution >= 0.6 is 0 Å². The largest absolute Gasteiger partial charge is 0.382 e. The van der Waals surface area contributed by atoms with Gasteiger partial charge in [-0.2, -0.15) is 5.10 Å². The summed E-state index contributed by atoms with van der Waals surface area (Å²) in [4.78, 5) is 11.7. The quantitative estimate of drug-likeness (QED) is 0.787. The number of aromatic nitrogens is 2. The lowest BCUT2D eigenvalue weighted by atomic mass is 10.0. The van der Waals surface area contributed by atoms with Gasteiger partial charge in [-0.1, -0.05) is 13.8 Å². The number of nitrogens with two attached hydrogens (primary N) is 1. The van der Waals surface area contributed by atoms with Gasteiger partial charge in [0.25, 0.3) is 0 Å². The molecule has 3 N–H and O–H groups in total. The predicted molar refractivity (Wildman–Crippen MR) is 68.3 cm³/mol. The summed E-state index contributed by atoms with van der Waals surface area (Å²) in [6, 6.07) is 1.88. The first-order chi connectivity index (χ1) is 7.97. The van der Waals surface area contributed by atoms with Crippen molar-refractivity contribution in [2.75, 3.05) is 5.73 Å². The first-order valence-electron chi connectivity index (χ1n) is 6.05. The molecule has 0 spiro atoms. The summed E-state index contributed by atoms with van der Waals surface area (Å²) in [6.07, 6.45) is 3.83. The van der Waals surface area contributed by atoms with Crippen LogP contribution in [0.3, 0.4) is 0 Å². The third-order valence-corrected chi connectivity index (χ3v) is 2.55. The fourth-order valence-electron chi connectivity index (χ4n) is 1.59. The molecule has 0 saturated carbocycles. The van der Waals surface area contributed by atoms with Crippen molar-refractivity contribution in [2.24, 2.45) is 5.92 Å². The van der Waals surface area contributed by atoms with Crippen LogP contribution in [0.1, 0.15) is 33.6 Å². The Hall–Kier alpha value is -1.52. The van der Waals surface area contributed by atoms with Crippen molar-refractivity contribution >= 4 is 11.7 Å². The van der Waals surface area contributed by atoms with E-state index in [1.54, 1.807) is 16.9 Å². The zero-order chi connectivity index (χ0) is 12.8. The molecule has 0 saturated heterocycles. The molecule has 5 heteroatoms. The second kappa shape index (κ2) is 6.27. The van der Waals surface area contributed by atoms with Crippen molar-refractivity contribution in [1.29, 1.82) is 0 Å². The normalized spacial score (nSPS) is 12.7. The Kier molecular flexibility index (Phi) is 5.00. The molecular weight excluding hydrogens is 216 g/mol. The standard InChI is InChI=1S/C12H22N4O/c1-9(2)4-5-10(3)14-12(17)8-16-7-6-11(13)15-16/h6-7,9-10H,4-5,8H2,1-3H3,(H2,13,15)(H,14,17). The van der Waals surface area contributed by atoms with Crippen molar-refractivity contribution in [3.05, 3.63) is 12.3 Å². The Balaban J connectivity index is 2.29. The van der Waals surface area contributed by atoms with Gasteiger partial charge in [-0.15, -0.1) is 0 Å². The summed E-state index contributed by atoms with van der Waals surface area (Å²) in [7, 11) is 0. The summed E-state index contributed by atoms with van der Waals surface area (Å²) in [6.45, 7) is 6.61. The highest BCUT2D eigenvalue weighted by atomic mass is 16.2. The van der Waals surface area contributed by atoms with E-state index in [1.807, 2.05) is 6.92 Å². The van der Waals surface area contributed by atoms with E-state index in [1.165, 1.54) is 0 Å². The summed E-state index contributed by atoms with van der Waals surface area (Å²) in [5, 5.41) is 6.92. The highest BCUT2D eigenvalue weighted by molar-refractivity contribution is 5.75. The molecule has 0 aromatic carbocycles. The van der Waals surface area contributed by atoms with E-state index in [-0.39, 0.29) is 18.5 Å². The SMILES string of the molecule is CC(C)CCC(C)NC(=O)Cn1ccc(N)n1. The van der Waals surface area contributed by atoms with Crippen molar-refractivity contribution in [3.8, 4) is 0 Å². The molecule has 0 aliphatic heterocycles. The van der Waals surface area contributed by atoms with E-state index in [0.29, 0.717) is 11.7 Å². The van der Waals surface area contributed by atoms with Gasteiger partial charge in [-0.3, -0.25) is 9.48 Å². The summed E-state index contributed by atoms with van der Waals surface area (Å²) >= 11 is 0. The summed E-state index contributed by atoms with van der Waals surface area (Å²) in [5.74, 6) is 1.08. The van der Waals surface area contributed by atoms with Crippen LogP contribution in [0.15, 0.2) is 12.3 Å². The molecule has 0 aliphatic carbocycles. The van der Waals surface area contributed by atoms with Crippen molar-refractivity contribution in [3.63, 3.8) is 0 Å². The molecule has 17 heavy (non-hydrogen) atoms. The molecule has 1 aromatic rings. The Labute approximate surface area is 102 Å². The van der Waals surface area contributed by atoms with Gasteiger partial charge < -0.3 is 11.1 Å². The smallest absolute Gasteiger partial charge is 0.241 e. The molecule has 1 atom stereocenters. The van der Waals surface area contributed by atoms with Gasteiger partial charge in [0.05, 0.1) is 0 Å². The van der Waals surface area contributed by atoms with Crippen LogP contribution in [0.5, 0.6) is 0 Å². The third kappa shape index (κ3) is 5.38. The van der Waals surface area contributed by atoms with Crippen molar-refractivity contribution in [1.82, 2.24) is 15.1 Å². The Bertz CT molecular complexity index is 359. The number of carbonyl (C=O) groups excluding carboxylic acids is 1. The van der Waals surface area contributed by atoms with Crippen LogP contribution in [0.2, 0.25) is 0 Å². The van der Waals surface area contributed by atoms with E-state index in [2.05, 4.69) is 24.3 Å². The molecule has 0 radical (unpaired) electrons. The fraction of sp³-hybridized carbons (Fsp3) is 0.667. The van der Waals surface area contributed by atoms with Gasteiger partial charge >= 0.3 is 0 Å². The van der Waals surface area contributed by atoms with E-state index < -0.39 is 0 Å². The molecule has 1 heterocycles. The molecule has 0 aliphatic rings. The predicted octanol–water partition coefficient (Wildman–Crippen LogP) is 1.41. The number of carbonyl (C=O) groups is 1. The zero-order valence-electron chi connectivity index (χ0n) is 10.8. The van der Waals surface area contributed by atoms with Crippen LogP contribution in [-0.2, 0) is 11.3 Å². The maximum Gasteiger partial charge on any atom is 0.241 e. The van der Waals surface area contributed by atoms with Gasteiger partial charge in [0.1, 0.15) is 12.4 Å². The minimum absolute atomic E-state index is 0.0237. The van der Waals surface area contributed by atoms with E-state index in [0.717, 1.165) is 12.8 Å². The van der Waals surface area contributed by atoms with Gasteiger partial charge in [-0.05, 0) is 31.7 Å². The lowest BCUT2D eigenvalue weighted by molar-refractivity contribution is -0.122. The minimum Gasteiger partial charge on any atom is -0.382 e. The van der Waals surface area contributed by atoms with E-state index in [4.69, 9.17) is 5.73 Å². The maximum absolute atomic E-state index is 11.7. The van der Waals surface area contributed by atoms with Crippen molar-refractivity contribution < 1.29 is 4.79 Å². The van der Waals surface area contributed by atoms with E-state index in [9.17, 15) is 4.79 Å². The number of hydrogen-bond acceptors (Lipinski definition) is 3. The monoisotopic (exact) mass is 238 g/mol. The van der Waals surface area contributed by atoms with Crippen LogP contribution in [-0.4, -0.2) is 21.7 Å². The van der Waals surface area contributed by atoms with Crippen LogP contribution in [0.25, 0.3) is 0 Å². The highest BCUT2D eigenvalue weighted by Crippen LogP contribution is 2.06. The number of rotatable bonds is 6. The molecular formula is C12H22N4O. The average Bonchev–Trinajstić information content (AvgIpc) is 2.60. The highest BCUT2D eigenvalue weighted by Gasteiger charge is 2.09. The number of nitrogens with zero attached hydrogens (tertiary/aromatic N) is 2. The van der Waals surface area contributed by atoms with Gasteiger partial charge in [-0.25, -0.2) is 0 Å². The molecule has 0 bridgehead atoms. The fourth-order valence-corrected chi connectivity index (χ4v) is 1.59. The summed E-state index contributed by atoms with van der Waals surface area (Å²) in [5.41, 5.74) is 5.47. The lowest BCUT2D eigenvalue weighted by Crippen LogP contribution is -2.35. The van der Waals surface area contributed by atoms with Crippen LogP contribution in [0.4, 0.5) is 5.82 Å². The molecule has 5 nitrogen and oxygen atoms in total. The van der Waals surface area contributed by atoms with Gasteiger partial charge in [0.15, 0.2) is 0 Å². The molecule has 96 valence electrons. The lowest BCUT2D eigenvalue weighted by Gasteiger charge is -2.15. The molecule has 1 rings (SSSR count). The molecule has 0 fully saturated rings. The maximum atomic E-state index is 11.7.